The summed E-state index contributed by atoms with van der Waals surface area (Å²) in [4.78, 5) is 10.9. The fourth-order valence-electron chi connectivity index (χ4n) is 2.24. The van der Waals surface area contributed by atoms with E-state index in [2.05, 4.69) is 6.58 Å². The summed E-state index contributed by atoms with van der Waals surface area (Å²) in [6, 6.07) is 0. The third kappa shape index (κ3) is 10.6. The van der Waals surface area contributed by atoms with Crippen LogP contribution in [0.5, 0.6) is 0 Å². The Kier molecular flexibility index (Phi) is 14.3. The second kappa shape index (κ2) is 14.8. The molecule has 0 unspecified atom stereocenters. The summed E-state index contributed by atoms with van der Waals surface area (Å²) >= 11 is 0. The van der Waals surface area contributed by atoms with Gasteiger partial charge >= 0.3 is 0 Å². The van der Waals surface area contributed by atoms with Crippen LogP contribution in [0.1, 0.15) is 51.4 Å². The van der Waals surface area contributed by atoms with Crippen molar-refractivity contribution in [2.45, 2.75) is 75.8 Å². The predicted molar refractivity (Wildman–Crippen MR) is 88.0 cm³/mol. The van der Waals surface area contributed by atoms with Crippen LogP contribution in [0.4, 0.5) is 0 Å². The molecule has 0 saturated carbocycles. The molecule has 0 saturated heterocycles. The molecule has 0 heterocycles. The minimum Gasteiger partial charge on any atom is -0.394 e. The minimum atomic E-state index is -1.62. The lowest BCUT2D eigenvalue weighted by atomic mass is 10.0. The molecule has 4 N–H and O–H groups in total. The summed E-state index contributed by atoms with van der Waals surface area (Å²) in [5.74, 6) is 0. The van der Waals surface area contributed by atoms with Crippen molar-refractivity contribution >= 4 is 6.29 Å². The van der Waals surface area contributed by atoms with Crippen molar-refractivity contribution < 1.29 is 30.0 Å². The van der Waals surface area contributed by atoms with Crippen molar-refractivity contribution in [2.24, 2.45) is 0 Å². The van der Waals surface area contributed by atoms with Crippen LogP contribution >= 0.6 is 0 Å². The highest BCUT2D eigenvalue weighted by Gasteiger charge is 2.31. The van der Waals surface area contributed by atoms with Crippen LogP contribution in [0.3, 0.4) is 0 Å². The maximum absolute atomic E-state index is 10.9. The molecule has 23 heavy (non-hydrogen) atoms. The Morgan fingerprint density at radius 2 is 1.48 bits per heavy atom. The summed E-state index contributed by atoms with van der Waals surface area (Å²) in [6.07, 6.45) is 5.13. The lowest BCUT2D eigenvalue weighted by molar-refractivity contribution is -0.146. The first-order chi connectivity index (χ1) is 11.1. The first-order valence-corrected chi connectivity index (χ1v) is 8.41. The summed E-state index contributed by atoms with van der Waals surface area (Å²) in [6.45, 7) is 3.30. The van der Waals surface area contributed by atoms with Crippen LogP contribution in [0, 0.1) is 0 Å². The molecule has 0 amide bonds. The molecule has 6 heteroatoms. The number of hydrogen-bond donors (Lipinski definition) is 4. The molecular formula is C17H32O6. The first-order valence-electron chi connectivity index (χ1n) is 8.41. The van der Waals surface area contributed by atoms with E-state index >= 15 is 0 Å². The van der Waals surface area contributed by atoms with Crippen molar-refractivity contribution in [3.05, 3.63) is 12.7 Å². The van der Waals surface area contributed by atoms with Crippen LogP contribution < -0.4 is 0 Å². The predicted octanol–water partition coefficient (Wildman–Crippen LogP) is 0.952. The highest BCUT2D eigenvalue weighted by Crippen LogP contribution is 2.11. The molecule has 6 nitrogen and oxygen atoms in total. The fourth-order valence-corrected chi connectivity index (χ4v) is 2.24. The number of unbranched alkanes of at least 4 members (excludes halogenated alkanes) is 7. The van der Waals surface area contributed by atoms with Gasteiger partial charge in [0.2, 0.25) is 0 Å². The molecule has 0 spiro atoms. The fraction of sp³-hybridized carbons (Fsp3) is 0.824. The average Bonchev–Trinajstić information content (AvgIpc) is 2.57. The number of rotatable bonds is 16. The molecule has 136 valence electrons. The van der Waals surface area contributed by atoms with Crippen molar-refractivity contribution in [1.82, 2.24) is 0 Å². The molecule has 0 aromatic rings. The van der Waals surface area contributed by atoms with E-state index in [0.29, 0.717) is 12.9 Å². The van der Waals surface area contributed by atoms with Gasteiger partial charge in [0, 0.05) is 6.61 Å². The number of aliphatic hydroxyl groups is 4. The SMILES string of the molecule is C=CCCCCCCCCCO[C@@H](C=O)[C@@H](O)[C@H](O)[C@H](O)CO. The normalized spacial score (nSPS) is 16.5. The summed E-state index contributed by atoms with van der Waals surface area (Å²) < 4.78 is 5.25. The van der Waals surface area contributed by atoms with Crippen LogP contribution in [0.25, 0.3) is 0 Å². The molecular weight excluding hydrogens is 300 g/mol. The third-order valence-electron chi connectivity index (χ3n) is 3.76. The molecule has 0 aliphatic heterocycles. The Hall–Kier alpha value is -0.790. The topological polar surface area (TPSA) is 107 Å². The lowest BCUT2D eigenvalue weighted by Crippen LogP contribution is -2.47. The van der Waals surface area contributed by atoms with Crippen LogP contribution in [-0.2, 0) is 9.53 Å². The number of allylic oxidation sites excluding steroid dienone is 1. The highest BCUT2D eigenvalue weighted by molar-refractivity contribution is 5.57. The zero-order valence-electron chi connectivity index (χ0n) is 13.8. The summed E-state index contributed by atoms with van der Waals surface area (Å²) in [5, 5.41) is 37.3. The van der Waals surface area contributed by atoms with Gasteiger partial charge in [0.05, 0.1) is 6.61 Å². The molecule has 0 aromatic carbocycles. The first kappa shape index (κ1) is 22.2. The van der Waals surface area contributed by atoms with Crippen LogP contribution in [0.2, 0.25) is 0 Å². The van der Waals surface area contributed by atoms with Gasteiger partial charge in [-0.25, -0.2) is 0 Å². The molecule has 0 radical (unpaired) electrons. The molecule has 0 fully saturated rings. The maximum atomic E-state index is 10.9. The van der Waals surface area contributed by atoms with E-state index in [9.17, 15) is 20.1 Å². The Balaban J connectivity index is 3.71. The van der Waals surface area contributed by atoms with Gasteiger partial charge in [0.25, 0.3) is 0 Å². The Bertz CT molecular complexity index is 297. The van der Waals surface area contributed by atoms with E-state index in [0.717, 1.165) is 32.1 Å². The van der Waals surface area contributed by atoms with Gasteiger partial charge < -0.3 is 30.0 Å². The monoisotopic (exact) mass is 332 g/mol. The van der Waals surface area contributed by atoms with Gasteiger partial charge in [-0.15, -0.1) is 6.58 Å². The Labute approximate surface area is 138 Å². The Morgan fingerprint density at radius 1 is 0.913 bits per heavy atom. The average molecular weight is 332 g/mol. The van der Waals surface area contributed by atoms with Crippen molar-refractivity contribution in [3.8, 4) is 0 Å². The van der Waals surface area contributed by atoms with Gasteiger partial charge in [-0.3, -0.25) is 0 Å². The zero-order chi connectivity index (χ0) is 17.5. The zero-order valence-corrected chi connectivity index (χ0v) is 13.8. The van der Waals surface area contributed by atoms with Gasteiger partial charge in [-0.1, -0.05) is 38.2 Å². The number of ether oxygens (including phenoxy) is 1. The Morgan fingerprint density at radius 3 is 2.00 bits per heavy atom. The van der Waals surface area contributed by atoms with Crippen LogP contribution in [-0.4, -0.2) is 64.3 Å². The van der Waals surface area contributed by atoms with Gasteiger partial charge in [0.15, 0.2) is 6.29 Å². The van der Waals surface area contributed by atoms with Crippen LogP contribution in [0.15, 0.2) is 12.7 Å². The largest absolute Gasteiger partial charge is 0.394 e. The van der Waals surface area contributed by atoms with Crippen molar-refractivity contribution in [3.63, 3.8) is 0 Å². The number of carbonyl (C=O) groups excluding carboxylic acids is 1. The highest BCUT2D eigenvalue weighted by atomic mass is 16.5. The van der Waals surface area contributed by atoms with E-state index in [4.69, 9.17) is 9.84 Å². The van der Waals surface area contributed by atoms with E-state index < -0.39 is 31.0 Å². The van der Waals surface area contributed by atoms with Gasteiger partial charge in [-0.2, -0.15) is 0 Å². The third-order valence-corrected chi connectivity index (χ3v) is 3.76. The maximum Gasteiger partial charge on any atom is 0.151 e. The van der Waals surface area contributed by atoms with Crippen molar-refractivity contribution in [1.29, 1.82) is 0 Å². The van der Waals surface area contributed by atoms with E-state index in [1.54, 1.807) is 0 Å². The number of hydrogen-bond acceptors (Lipinski definition) is 6. The smallest absolute Gasteiger partial charge is 0.151 e. The standard InChI is InChI=1S/C17H32O6/c1-2-3-4-5-6-7-8-9-10-11-23-15(13-19)17(22)16(21)14(20)12-18/h2,13-18,20-22H,1,3-12H2/t14-,15+,16-,17-/m1/s1. The molecule has 4 atom stereocenters. The lowest BCUT2D eigenvalue weighted by Gasteiger charge is -2.25. The molecule has 0 bridgehead atoms. The van der Waals surface area contributed by atoms with E-state index in [1.807, 2.05) is 6.08 Å². The summed E-state index contributed by atoms with van der Waals surface area (Å²) in [5.41, 5.74) is 0. The molecule has 0 rings (SSSR count). The molecule has 0 aromatic heterocycles. The second-order valence-corrected chi connectivity index (χ2v) is 5.75. The molecule has 0 aliphatic rings. The van der Waals surface area contributed by atoms with Gasteiger partial charge in [0.1, 0.15) is 24.4 Å². The quantitative estimate of drug-likeness (QED) is 0.190. The summed E-state index contributed by atoms with van der Waals surface area (Å²) in [7, 11) is 0. The molecule has 0 aliphatic carbocycles. The van der Waals surface area contributed by atoms with Gasteiger partial charge in [-0.05, 0) is 19.3 Å². The second-order valence-electron chi connectivity index (χ2n) is 5.75. The van der Waals surface area contributed by atoms with E-state index in [1.165, 1.54) is 19.3 Å². The van der Waals surface area contributed by atoms with Crippen molar-refractivity contribution in [2.75, 3.05) is 13.2 Å². The number of carbonyl (C=O) groups is 1. The van der Waals surface area contributed by atoms with E-state index in [-0.39, 0.29) is 0 Å². The number of aldehydes is 1. The minimum absolute atomic E-state index is 0.304. The number of aliphatic hydroxyl groups excluding tert-OH is 4.